The number of benzene rings is 1. The predicted molar refractivity (Wildman–Crippen MR) is 120 cm³/mol. The molecule has 11 heteroatoms. The van der Waals surface area contributed by atoms with Crippen molar-refractivity contribution in [3.63, 3.8) is 0 Å². The fourth-order valence-electron chi connectivity index (χ4n) is 3.31. The molecule has 1 aliphatic heterocycles. The third-order valence-corrected chi connectivity index (χ3v) is 7.45. The molecule has 0 radical (unpaired) electrons. The second-order valence-electron chi connectivity index (χ2n) is 7.06. The molecule has 0 atom stereocenters. The summed E-state index contributed by atoms with van der Waals surface area (Å²) in [6.07, 6.45) is 2.43. The monoisotopic (exact) mass is 486 g/mol. The second-order valence-corrected chi connectivity index (χ2v) is 9.84. The van der Waals surface area contributed by atoms with Crippen LogP contribution in [0.4, 0.5) is 5.82 Å². The molecule has 2 N–H and O–H groups in total. The van der Waals surface area contributed by atoms with Gasteiger partial charge in [0.25, 0.3) is 0 Å². The summed E-state index contributed by atoms with van der Waals surface area (Å²) in [4.78, 5) is 16.8. The quantitative estimate of drug-likeness (QED) is 0.556. The van der Waals surface area contributed by atoms with Crippen molar-refractivity contribution in [3.8, 4) is 5.75 Å². The van der Waals surface area contributed by atoms with E-state index in [2.05, 4.69) is 15.6 Å². The van der Waals surface area contributed by atoms with E-state index in [1.54, 1.807) is 18.2 Å². The number of rotatable bonds is 8. The number of methoxy groups -OCH3 is 1. The maximum atomic E-state index is 12.8. The number of sulfonamides is 1. The summed E-state index contributed by atoms with van der Waals surface area (Å²) in [6, 6.07) is 7.88. The third kappa shape index (κ3) is 6.00. The van der Waals surface area contributed by atoms with Gasteiger partial charge in [0.15, 0.2) is 0 Å². The Morgan fingerprint density at radius 1 is 1.19 bits per heavy atom. The Kier molecular flexibility index (Phi) is 7.99. The van der Waals surface area contributed by atoms with E-state index in [4.69, 9.17) is 27.9 Å². The smallest absolute Gasteiger partial charge is 0.243 e. The van der Waals surface area contributed by atoms with E-state index in [1.807, 2.05) is 0 Å². The number of carbonyl (C=O) groups is 1. The van der Waals surface area contributed by atoms with Crippen LogP contribution in [0.2, 0.25) is 10.0 Å². The summed E-state index contributed by atoms with van der Waals surface area (Å²) in [5, 5.41) is 6.77. The van der Waals surface area contributed by atoms with E-state index in [1.165, 1.54) is 29.7 Å². The Hall–Kier alpha value is -2.07. The zero-order valence-corrected chi connectivity index (χ0v) is 19.3. The number of carbonyl (C=O) groups excluding carboxylic acids is 1. The molecule has 168 valence electrons. The molecule has 3 rings (SSSR count). The van der Waals surface area contributed by atoms with Gasteiger partial charge < -0.3 is 15.4 Å². The van der Waals surface area contributed by atoms with Gasteiger partial charge in [0.2, 0.25) is 15.9 Å². The highest BCUT2D eigenvalue weighted by atomic mass is 35.5. The van der Waals surface area contributed by atoms with Crippen molar-refractivity contribution >= 4 is 45.0 Å². The summed E-state index contributed by atoms with van der Waals surface area (Å²) in [7, 11) is -2.06. The first-order chi connectivity index (χ1) is 14.8. The van der Waals surface area contributed by atoms with Crippen LogP contribution in [0.15, 0.2) is 41.4 Å². The van der Waals surface area contributed by atoms with Crippen LogP contribution in [0.5, 0.6) is 5.75 Å². The standard InChI is InChI=1S/C20H24Cl2N4O4S/c1-30-16-2-4-17(5-3-16)31(28,29)26-10-6-14(7-11-26)20(27)24-9-8-23-19-18(22)12-15(21)13-25-19/h2-5,12-14H,6-11H2,1H3,(H,23,25)(H,24,27). The molecule has 1 saturated heterocycles. The molecule has 2 heterocycles. The Morgan fingerprint density at radius 3 is 2.48 bits per heavy atom. The van der Waals surface area contributed by atoms with Crippen molar-refractivity contribution in [2.45, 2.75) is 17.7 Å². The lowest BCUT2D eigenvalue weighted by Gasteiger charge is -2.30. The summed E-state index contributed by atoms with van der Waals surface area (Å²) >= 11 is 11.9. The van der Waals surface area contributed by atoms with Gasteiger partial charge in [0.1, 0.15) is 11.6 Å². The highest BCUT2D eigenvalue weighted by Gasteiger charge is 2.32. The summed E-state index contributed by atoms with van der Waals surface area (Å²) in [5.74, 6) is 0.785. The average Bonchev–Trinajstić information content (AvgIpc) is 2.78. The number of pyridine rings is 1. The number of aromatic nitrogens is 1. The van der Waals surface area contributed by atoms with Crippen LogP contribution in [-0.2, 0) is 14.8 Å². The van der Waals surface area contributed by atoms with Crippen LogP contribution in [0.1, 0.15) is 12.8 Å². The molecule has 1 amide bonds. The SMILES string of the molecule is COc1ccc(S(=O)(=O)N2CCC(C(=O)NCCNc3ncc(Cl)cc3Cl)CC2)cc1. The normalized spacial score (nSPS) is 15.5. The van der Waals surface area contributed by atoms with Gasteiger partial charge in [-0.2, -0.15) is 4.31 Å². The number of nitrogens with zero attached hydrogens (tertiary/aromatic N) is 2. The average molecular weight is 487 g/mol. The number of piperidine rings is 1. The molecular formula is C20H24Cl2N4O4S. The molecule has 8 nitrogen and oxygen atoms in total. The van der Waals surface area contributed by atoms with Gasteiger partial charge in [0, 0.05) is 38.3 Å². The van der Waals surface area contributed by atoms with Crippen LogP contribution < -0.4 is 15.4 Å². The Bertz CT molecular complexity index is 1010. The molecule has 0 aliphatic carbocycles. The second kappa shape index (κ2) is 10.5. The molecule has 1 aromatic heterocycles. The maximum Gasteiger partial charge on any atom is 0.243 e. The van der Waals surface area contributed by atoms with Crippen molar-refractivity contribution in [2.24, 2.45) is 5.92 Å². The van der Waals surface area contributed by atoms with Crippen LogP contribution in [0, 0.1) is 5.92 Å². The Balaban J connectivity index is 1.44. The highest BCUT2D eigenvalue weighted by molar-refractivity contribution is 7.89. The summed E-state index contributed by atoms with van der Waals surface area (Å²) in [5.41, 5.74) is 0. The zero-order chi connectivity index (χ0) is 22.4. The maximum absolute atomic E-state index is 12.8. The molecule has 31 heavy (non-hydrogen) atoms. The molecule has 0 unspecified atom stereocenters. The lowest BCUT2D eigenvalue weighted by atomic mass is 9.97. The number of amides is 1. The van der Waals surface area contributed by atoms with Gasteiger partial charge in [-0.1, -0.05) is 23.2 Å². The molecule has 0 saturated carbocycles. The van der Waals surface area contributed by atoms with Crippen molar-refractivity contribution in [2.75, 3.05) is 38.6 Å². The van der Waals surface area contributed by atoms with Crippen LogP contribution in [0.3, 0.4) is 0 Å². The number of ether oxygens (including phenoxy) is 1. The Morgan fingerprint density at radius 2 is 1.87 bits per heavy atom. The molecule has 1 fully saturated rings. The molecule has 0 bridgehead atoms. The number of halogens is 2. The minimum absolute atomic E-state index is 0.0848. The van der Waals surface area contributed by atoms with Crippen LogP contribution in [0.25, 0.3) is 0 Å². The van der Waals surface area contributed by atoms with Gasteiger partial charge in [-0.3, -0.25) is 4.79 Å². The van der Waals surface area contributed by atoms with Gasteiger partial charge in [-0.05, 0) is 43.2 Å². The van der Waals surface area contributed by atoms with E-state index < -0.39 is 10.0 Å². The lowest BCUT2D eigenvalue weighted by Crippen LogP contribution is -2.43. The number of hydrogen-bond donors (Lipinski definition) is 2. The topological polar surface area (TPSA) is 101 Å². The van der Waals surface area contributed by atoms with Crippen LogP contribution in [-0.4, -0.2) is 56.9 Å². The minimum Gasteiger partial charge on any atom is -0.497 e. The molecular weight excluding hydrogens is 463 g/mol. The van der Waals surface area contributed by atoms with Gasteiger partial charge in [-0.25, -0.2) is 13.4 Å². The van der Waals surface area contributed by atoms with E-state index in [0.29, 0.717) is 60.6 Å². The molecule has 1 aromatic carbocycles. The predicted octanol–water partition coefficient (Wildman–Crippen LogP) is 3.03. The first-order valence-electron chi connectivity index (χ1n) is 9.78. The van der Waals surface area contributed by atoms with Gasteiger partial charge >= 0.3 is 0 Å². The van der Waals surface area contributed by atoms with E-state index in [9.17, 15) is 13.2 Å². The minimum atomic E-state index is -3.59. The van der Waals surface area contributed by atoms with Crippen molar-refractivity contribution in [3.05, 3.63) is 46.6 Å². The largest absolute Gasteiger partial charge is 0.497 e. The highest BCUT2D eigenvalue weighted by Crippen LogP contribution is 2.25. The van der Waals surface area contributed by atoms with Crippen molar-refractivity contribution in [1.82, 2.24) is 14.6 Å². The van der Waals surface area contributed by atoms with E-state index >= 15 is 0 Å². The third-order valence-electron chi connectivity index (χ3n) is 5.05. The van der Waals surface area contributed by atoms with Crippen molar-refractivity contribution < 1.29 is 17.9 Å². The Labute approximate surface area is 191 Å². The summed E-state index contributed by atoms with van der Waals surface area (Å²) in [6.45, 7) is 1.44. The number of anilines is 1. The zero-order valence-electron chi connectivity index (χ0n) is 17.0. The van der Waals surface area contributed by atoms with Crippen molar-refractivity contribution in [1.29, 1.82) is 0 Å². The van der Waals surface area contributed by atoms with Crippen LogP contribution >= 0.6 is 23.2 Å². The first-order valence-corrected chi connectivity index (χ1v) is 12.0. The van der Waals surface area contributed by atoms with E-state index in [0.717, 1.165) is 0 Å². The number of nitrogens with one attached hydrogen (secondary N) is 2. The van der Waals surface area contributed by atoms with Gasteiger partial charge in [-0.15, -0.1) is 0 Å². The fraction of sp³-hybridized carbons (Fsp3) is 0.400. The molecule has 2 aromatic rings. The first kappa shape index (κ1) is 23.6. The molecule has 0 spiro atoms. The lowest BCUT2D eigenvalue weighted by molar-refractivity contribution is -0.126. The fourth-order valence-corrected chi connectivity index (χ4v) is 5.23. The number of hydrogen-bond acceptors (Lipinski definition) is 6. The van der Waals surface area contributed by atoms with Gasteiger partial charge in [0.05, 0.1) is 22.1 Å². The summed E-state index contributed by atoms with van der Waals surface area (Å²) < 4.78 is 32.1. The van der Waals surface area contributed by atoms with E-state index in [-0.39, 0.29) is 16.7 Å². The molecule has 1 aliphatic rings.